The average Bonchev–Trinajstić information content (AvgIpc) is 2.43. The molecule has 1 amide bonds. The van der Waals surface area contributed by atoms with Gasteiger partial charge in [0.25, 0.3) is 5.91 Å². The molecule has 0 heterocycles. The summed E-state index contributed by atoms with van der Waals surface area (Å²) in [4.78, 5) is 12.0. The first-order valence-corrected chi connectivity index (χ1v) is 7.10. The topological polar surface area (TPSA) is 58.6 Å². The molecule has 1 aromatic carbocycles. The van der Waals surface area contributed by atoms with E-state index in [1.165, 1.54) is 19.2 Å². The van der Waals surface area contributed by atoms with Gasteiger partial charge in [-0.1, -0.05) is 19.9 Å². The molecule has 2 N–H and O–H groups in total. The van der Waals surface area contributed by atoms with Crippen molar-refractivity contribution in [2.45, 2.75) is 39.2 Å². The molecular formula is C16H24FNO3. The van der Waals surface area contributed by atoms with Crippen LogP contribution in [-0.2, 0) is 0 Å². The predicted octanol–water partition coefficient (Wildman–Crippen LogP) is 2.75. The number of halogens is 1. The van der Waals surface area contributed by atoms with E-state index in [1.807, 2.05) is 0 Å². The monoisotopic (exact) mass is 297 g/mol. The third-order valence-electron chi connectivity index (χ3n) is 3.32. The number of amides is 1. The van der Waals surface area contributed by atoms with E-state index in [9.17, 15) is 14.3 Å². The van der Waals surface area contributed by atoms with E-state index in [4.69, 9.17) is 4.74 Å². The molecule has 1 rings (SSSR count). The number of aliphatic hydroxyl groups is 1. The SMILES string of the molecule is COc1cccc(C(=O)NCC(C)(O)CCC(C)C)c1F. The number of hydrogen-bond acceptors (Lipinski definition) is 3. The van der Waals surface area contributed by atoms with E-state index in [1.54, 1.807) is 13.0 Å². The summed E-state index contributed by atoms with van der Waals surface area (Å²) in [5.41, 5.74) is -1.09. The summed E-state index contributed by atoms with van der Waals surface area (Å²) in [6.07, 6.45) is 1.43. The van der Waals surface area contributed by atoms with E-state index < -0.39 is 17.3 Å². The Kier molecular flexibility index (Phi) is 6.15. The molecule has 1 unspecified atom stereocenters. The zero-order valence-electron chi connectivity index (χ0n) is 13.1. The van der Waals surface area contributed by atoms with Crippen molar-refractivity contribution in [2.24, 2.45) is 5.92 Å². The van der Waals surface area contributed by atoms with Gasteiger partial charge in [-0.15, -0.1) is 0 Å². The first kappa shape index (κ1) is 17.4. The minimum absolute atomic E-state index is 0.0224. The fourth-order valence-electron chi connectivity index (χ4n) is 1.90. The molecule has 1 aromatic rings. The molecule has 0 fully saturated rings. The largest absolute Gasteiger partial charge is 0.494 e. The van der Waals surface area contributed by atoms with Gasteiger partial charge >= 0.3 is 0 Å². The summed E-state index contributed by atoms with van der Waals surface area (Å²) in [7, 11) is 1.34. The second-order valence-electron chi connectivity index (χ2n) is 5.93. The van der Waals surface area contributed by atoms with Gasteiger partial charge < -0.3 is 15.2 Å². The second-order valence-corrected chi connectivity index (χ2v) is 5.93. The van der Waals surface area contributed by atoms with Crippen molar-refractivity contribution in [1.82, 2.24) is 5.32 Å². The van der Waals surface area contributed by atoms with Crippen molar-refractivity contribution >= 4 is 5.91 Å². The van der Waals surface area contributed by atoms with Crippen LogP contribution in [0.1, 0.15) is 44.0 Å². The van der Waals surface area contributed by atoms with E-state index in [0.29, 0.717) is 12.3 Å². The van der Waals surface area contributed by atoms with E-state index in [2.05, 4.69) is 19.2 Å². The van der Waals surface area contributed by atoms with Crippen LogP contribution in [0.2, 0.25) is 0 Å². The van der Waals surface area contributed by atoms with E-state index in [-0.39, 0.29) is 17.9 Å². The molecule has 21 heavy (non-hydrogen) atoms. The van der Waals surface area contributed by atoms with Gasteiger partial charge in [0.1, 0.15) is 0 Å². The van der Waals surface area contributed by atoms with Crippen molar-refractivity contribution in [2.75, 3.05) is 13.7 Å². The molecule has 0 saturated heterocycles. The Morgan fingerprint density at radius 2 is 2.14 bits per heavy atom. The van der Waals surface area contributed by atoms with Gasteiger partial charge in [-0.25, -0.2) is 4.39 Å². The van der Waals surface area contributed by atoms with Gasteiger partial charge in [-0.3, -0.25) is 4.79 Å². The van der Waals surface area contributed by atoms with Crippen LogP contribution in [0, 0.1) is 11.7 Å². The first-order chi connectivity index (χ1) is 9.76. The van der Waals surface area contributed by atoms with Crippen LogP contribution in [0.5, 0.6) is 5.75 Å². The summed E-state index contributed by atoms with van der Waals surface area (Å²) in [5.74, 6) is -0.757. The zero-order chi connectivity index (χ0) is 16.0. The lowest BCUT2D eigenvalue weighted by atomic mass is 9.95. The molecule has 5 heteroatoms. The van der Waals surface area contributed by atoms with Crippen molar-refractivity contribution < 1.29 is 19.0 Å². The average molecular weight is 297 g/mol. The molecular weight excluding hydrogens is 273 g/mol. The van der Waals surface area contributed by atoms with Crippen LogP contribution in [0.3, 0.4) is 0 Å². The lowest BCUT2D eigenvalue weighted by molar-refractivity contribution is 0.0428. The van der Waals surface area contributed by atoms with E-state index in [0.717, 1.165) is 6.42 Å². The van der Waals surface area contributed by atoms with Gasteiger partial charge in [0.2, 0.25) is 0 Å². The lowest BCUT2D eigenvalue weighted by Gasteiger charge is -2.24. The molecule has 4 nitrogen and oxygen atoms in total. The van der Waals surface area contributed by atoms with Crippen LogP contribution >= 0.6 is 0 Å². The fraction of sp³-hybridized carbons (Fsp3) is 0.562. The summed E-state index contributed by atoms with van der Waals surface area (Å²) < 4.78 is 18.8. The maximum atomic E-state index is 13.9. The van der Waals surface area contributed by atoms with Crippen LogP contribution in [0.15, 0.2) is 18.2 Å². The molecule has 118 valence electrons. The Hall–Kier alpha value is -1.62. The third kappa shape index (κ3) is 5.34. The summed E-state index contributed by atoms with van der Waals surface area (Å²) in [6.45, 7) is 5.88. The maximum absolute atomic E-state index is 13.9. The lowest BCUT2D eigenvalue weighted by Crippen LogP contribution is -2.41. The summed E-state index contributed by atoms with van der Waals surface area (Å²) in [5, 5.41) is 12.8. The van der Waals surface area contributed by atoms with Gasteiger partial charge in [0.05, 0.1) is 18.3 Å². The Bertz CT molecular complexity index is 486. The fourth-order valence-corrected chi connectivity index (χ4v) is 1.90. The molecule has 0 aliphatic rings. The summed E-state index contributed by atoms with van der Waals surface area (Å²) in [6, 6.07) is 4.38. The van der Waals surface area contributed by atoms with Gasteiger partial charge in [-0.2, -0.15) is 0 Å². The molecule has 1 atom stereocenters. The Morgan fingerprint density at radius 1 is 1.48 bits per heavy atom. The maximum Gasteiger partial charge on any atom is 0.254 e. The minimum Gasteiger partial charge on any atom is -0.494 e. The molecule has 0 bridgehead atoms. The highest BCUT2D eigenvalue weighted by molar-refractivity contribution is 5.94. The van der Waals surface area contributed by atoms with Crippen molar-refractivity contribution in [3.05, 3.63) is 29.6 Å². The number of benzene rings is 1. The Morgan fingerprint density at radius 3 is 2.71 bits per heavy atom. The molecule has 0 aliphatic carbocycles. The van der Waals surface area contributed by atoms with Crippen LogP contribution in [0.25, 0.3) is 0 Å². The number of hydrogen-bond donors (Lipinski definition) is 2. The number of ether oxygens (including phenoxy) is 1. The molecule has 0 spiro atoms. The normalized spacial score (nSPS) is 13.9. The third-order valence-corrected chi connectivity index (χ3v) is 3.32. The van der Waals surface area contributed by atoms with Gasteiger partial charge in [0.15, 0.2) is 11.6 Å². The quantitative estimate of drug-likeness (QED) is 0.813. The number of methoxy groups -OCH3 is 1. The van der Waals surface area contributed by atoms with Crippen molar-refractivity contribution in [3.8, 4) is 5.75 Å². The number of carbonyl (C=O) groups is 1. The Balaban J connectivity index is 2.65. The zero-order valence-corrected chi connectivity index (χ0v) is 13.1. The highest BCUT2D eigenvalue weighted by atomic mass is 19.1. The Labute approximate surface area is 125 Å². The highest BCUT2D eigenvalue weighted by Crippen LogP contribution is 2.20. The number of rotatable bonds is 7. The van der Waals surface area contributed by atoms with Crippen molar-refractivity contribution in [1.29, 1.82) is 0 Å². The van der Waals surface area contributed by atoms with Gasteiger partial charge in [-0.05, 0) is 37.8 Å². The van der Waals surface area contributed by atoms with Crippen molar-refractivity contribution in [3.63, 3.8) is 0 Å². The van der Waals surface area contributed by atoms with E-state index >= 15 is 0 Å². The van der Waals surface area contributed by atoms with Crippen LogP contribution in [0.4, 0.5) is 4.39 Å². The van der Waals surface area contributed by atoms with Gasteiger partial charge in [0, 0.05) is 6.54 Å². The predicted molar refractivity (Wildman–Crippen MR) is 80.0 cm³/mol. The van der Waals surface area contributed by atoms with Crippen LogP contribution < -0.4 is 10.1 Å². The highest BCUT2D eigenvalue weighted by Gasteiger charge is 2.23. The number of carbonyl (C=O) groups excluding carboxylic acids is 1. The number of nitrogens with one attached hydrogen (secondary N) is 1. The molecule has 0 radical (unpaired) electrons. The standard InChI is InChI=1S/C16H24FNO3/c1-11(2)8-9-16(3,20)10-18-15(19)12-6-5-7-13(21-4)14(12)17/h5-7,11,20H,8-10H2,1-4H3,(H,18,19). The molecule has 0 aromatic heterocycles. The molecule has 0 aliphatic heterocycles. The smallest absolute Gasteiger partial charge is 0.254 e. The summed E-state index contributed by atoms with van der Waals surface area (Å²) >= 11 is 0. The second kappa shape index (κ2) is 7.41. The first-order valence-electron chi connectivity index (χ1n) is 7.10. The van der Waals surface area contributed by atoms with Crippen LogP contribution in [-0.4, -0.2) is 30.3 Å². The minimum atomic E-state index is -1.00. The molecule has 0 saturated carbocycles.